The lowest BCUT2D eigenvalue weighted by Gasteiger charge is -2.34. The van der Waals surface area contributed by atoms with Crippen LogP contribution in [0.2, 0.25) is 5.02 Å². The quantitative estimate of drug-likeness (QED) is 0.712. The highest BCUT2D eigenvalue weighted by Gasteiger charge is 2.23. The lowest BCUT2D eigenvalue weighted by Crippen LogP contribution is -3.13. The van der Waals surface area contributed by atoms with Gasteiger partial charge in [0.2, 0.25) is 0 Å². The maximum atomic E-state index is 5.98. The number of methoxy groups -OCH3 is 1. The second kappa shape index (κ2) is 8.30. The van der Waals surface area contributed by atoms with Crippen LogP contribution in [0.4, 0.5) is 5.69 Å². The van der Waals surface area contributed by atoms with Gasteiger partial charge in [0.05, 0.1) is 39.0 Å². The summed E-state index contributed by atoms with van der Waals surface area (Å²) < 4.78 is 5.51. The van der Waals surface area contributed by atoms with Crippen molar-refractivity contribution in [3.8, 4) is 16.3 Å². The Hall–Kier alpha value is -2.08. The molecule has 0 amide bonds. The number of nitrogens with one attached hydrogen (secondary N) is 1. The molecule has 6 heteroatoms. The van der Waals surface area contributed by atoms with E-state index < -0.39 is 0 Å². The Kier molecular flexibility index (Phi) is 5.62. The molecule has 3 aromatic rings. The van der Waals surface area contributed by atoms with Crippen LogP contribution in [0, 0.1) is 0 Å². The van der Waals surface area contributed by atoms with Gasteiger partial charge in [0, 0.05) is 16.0 Å². The molecule has 0 saturated carbocycles. The standard InChI is InChI=1S/C21H22ClN3OS/c1-26-20-5-3-2-4-19(20)25-12-10-24(11-13-25)14-18-15-27-21(23-18)16-6-8-17(22)9-7-16/h2-9,15H,10-14H2,1H3/p+1. The largest absolute Gasteiger partial charge is 0.495 e. The molecule has 140 valence electrons. The van der Waals surface area contributed by atoms with E-state index in [0.717, 1.165) is 54.1 Å². The normalized spacial score (nSPS) is 15.1. The van der Waals surface area contributed by atoms with E-state index in [2.05, 4.69) is 22.4 Å². The molecule has 1 aliphatic rings. The summed E-state index contributed by atoms with van der Waals surface area (Å²) in [5.41, 5.74) is 3.50. The Morgan fingerprint density at radius 2 is 1.85 bits per heavy atom. The fraction of sp³-hybridized carbons (Fsp3) is 0.286. The Balaban J connectivity index is 1.36. The van der Waals surface area contributed by atoms with Gasteiger partial charge in [-0.3, -0.25) is 0 Å². The van der Waals surface area contributed by atoms with Crippen molar-refractivity contribution in [2.45, 2.75) is 6.54 Å². The van der Waals surface area contributed by atoms with Crippen molar-refractivity contribution < 1.29 is 9.64 Å². The molecule has 0 atom stereocenters. The number of benzene rings is 2. The number of ether oxygens (including phenoxy) is 1. The summed E-state index contributed by atoms with van der Waals surface area (Å²) in [6.45, 7) is 5.25. The summed E-state index contributed by atoms with van der Waals surface area (Å²) in [6.07, 6.45) is 0. The number of quaternary nitrogens is 1. The van der Waals surface area contributed by atoms with Gasteiger partial charge in [-0.15, -0.1) is 11.3 Å². The molecular weight excluding hydrogens is 378 g/mol. The van der Waals surface area contributed by atoms with Crippen LogP contribution >= 0.6 is 22.9 Å². The van der Waals surface area contributed by atoms with Crippen LogP contribution in [0.25, 0.3) is 10.6 Å². The van der Waals surface area contributed by atoms with E-state index in [0.29, 0.717) is 0 Å². The number of thiazole rings is 1. The molecule has 1 aromatic heterocycles. The second-order valence-corrected chi connectivity index (χ2v) is 8.03. The number of nitrogens with zero attached hydrogens (tertiary/aromatic N) is 2. The van der Waals surface area contributed by atoms with Gasteiger partial charge in [-0.2, -0.15) is 0 Å². The molecule has 4 rings (SSSR count). The van der Waals surface area contributed by atoms with Crippen molar-refractivity contribution in [1.82, 2.24) is 4.98 Å². The van der Waals surface area contributed by atoms with E-state index in [1.54, 1.807) is 23.3 Å². The van der Waals surface area contributed by atoms with Gasteiger partial charge in [-0.25, -0.2) is 4.98 Å². The zero-order valence-electron chi connectivity index (χ0n) is 15.3. The molecule has 1 fully saturated rings. The second-order valence-electron chi connectivity index (χ2n) is 6.74. The van der Waals surface area contributed by atoms with Gasteiger partial charge in [-0.1, -0.05) is 35.9 Å². The molecule has 0 bridgehead atoms. The van der Waals surface area contributed by atoms with Gasteiger partial charge in [0.1, 0.15) is 23.0 Å². The smallest absolute Gasteiger partial charge is 0.142 e. The van der Waals surface area contributed by atoms with Crippen molar-refractivity contribution in [3.63, 3.8) is 0 Å². The first-order valence-corrected chi connectivity index (χ1v) is 10.4. The van der Waals surface area contributed by atoms with Crippen LogP contribution in [0.3, 0.4) is 0 Å². The third-order valence-electron chi connectivity index (χ3n) is 4.97. The van der Waals surface area contributed by atoms with Crippen LogP contribution in [-0.4, -0.2) is 38.3 Å². The number of para-hydroxylation sites is 2. The van der Waals surface area contributed by atoms with Crippen LogP contribution in [0.15, 0.2) is 53.9 Å². The summed E-state index contributed by atoms with van der Waals surface area (Å²) >= 11 is 7.68. The van der Waals surface area contributed by atoms with E-state index in [1.165, 1.54) is 11.4 Å². The maximum absolute atomic E-state index is 5.98. The molecule has 0 unspecified atom stereocenters. The van der Waals surface area contributed by atoms with Gasteiger partial charge in [-0.05, 0) is 24.3 Å². The number of rotatable bonds is 5. The first kappa shape index (κ1) is 18.3. The third-order valence-corrected chi connectivity index (χ3v) is 6.16. The third kappa shape index (κ3) is 4.26. The summed E-state index contributed by atoms with van der Waals surface area (Å²) in [5, 5.41) is 4.01. The molecule has 0 spiro atoms. The lowest BCUT2D eigenvalue weighted by atomic mass is 10.2. The minimum absolute atomic E-state index is 0.757. The van der Waals surface area contributed by atoms with E-state index in [4.69, 9.17) is 21.3 Å². The van der Waals surface area contributed by atoms with Crippen LogP contribution in [0.1, 0.15) is 5.69 Å². The van der Waals surface area contributed by atoms with E-state index in [9.17, 15) is 0 Å². The fourth-order valence-electron chi connectivity index (χ4n) is 3.50. The summed E-state index contributed by atoms with van der Waals surface area (Å²) in [6, 6.07) is 16.2. The molecule has 1 saturated heterocycles. The van der Waals surface area contributed by atoms with Crippen molar-refractivity contribution >= 4 is 28.6 Å². The monoisotopic (exact) mass is 400 g/mol. The predicted molar refractivity (Wildman–Crippen MR) is 112 cm³/mol. The highest BCUT2D eigenvalue weighted by Crippen LogP contribution is 2.27. The summed E-state index contributed by atoms with van der Waals surface area (Å²) in [7, 11) is 1.74. The SMILES string of the molecule is COc1ccccc1N1CC[NH+](Cc2csc(-c3ccc(Cl)cc3)n2)CC1. The van der Waals surface area contributed by atoms with Gasteiger partial charge in [0.15, 0.2) is 0 Å². The van der Waals surface area contributed by atoms with Crippen molar-refractivity contribution in [3.05, 3.63) is 64.6 Å². The number of hydrogen-bond acceptors (Lipinski definition) is 4. The summed E-state index contributed by atoms with van der Waals surface area (Å²) in [4.78, 5) is 8.83. The number of piperazine rings is 1. The van der Waals surface area contributed by atoms with E-state index in [-0.39, 0.29) is 0 Å². The Morgan fingerprint density at radius 1 is 1.11 bits per heavy atom. The molecule has 27 heavy (non-hydrogen) atoms. The van der Waals surface area contributed by atoms with Crippen molar-refractivity contribution in [2.24, 2.45) is 0 Å². The molecule has 2 heterocycles. The van der Waals surface area contributed by atoms with Crippen molar-refractivity contribution in [2.75, 3.05) is 38.2 Å². The number of hydrogen-bond donors (Lipinski definition) is 1. The first-order chi connectivity index (χ1) is 13.2. The summed E-state index contributed by atoms with van der Waals surface area (Å²) in [5.74, 6) is 0.952. The van der Waals surface area contributed by atoms with Crippen LogP contribution in [0.5, 0.6) is 5.75 Å². The number of anilines is 1. The van der Waals surface area contributed by atoms with Gasteiger partial charge < -0.3 is 14.5 Å². The first-order valence-electron chi connectivity index (χ1n) is 9.15. The van der Waals surface area contributed by atoms with Crippen LogP contribution < -0.4 is 14.5 Å². The van der Waals surface area contributed by atoms with Gasteiger partial charge in [0.25, 0.3) is 0 Å². The minimum Gasteiger partial charge on any atom is -0.495 e. The fourth-order valence-corrected chi connectivity index (χ4v) is 4.45. The van der Waals surface area contributed by atoms with Crippen molar-refractivity contribution in [1.29, 1.82) is 0 Å². The molecule has 0 aliphatic carbocycles. The van der Waals surface area contributed by atoms with E-state index in [1.807, 2.05) is 36.4 Å². The predicted octanol–water partition coefficient (Wildman–Crippen LogP) is 3.38. The number of aromatic nitrogens is 1. The van der Waals surface area contributed by atoms with Gasteiger partial charge >= 0.3 is 0 Å². The molecule has 1 N–H and O–H groups in total. The molecular formula is C21H23ClN3OS+. The zero-order valence-corrected chi connectivity index (χ0v) is 16.9. The van der Waals surface area contributed by atoms with Crippen LogP contribution in [-0.2, 0) is 6.54 Å². The van der Waals surface area contributed by atoms with E-state index >= 15 is 0 Å². The minimum atomic E-state index is 0.757. The average molecular weight is 401 g/mol. The molecule has 4 nitrogen and oxygen atoms in total. The molecule has 2 aromatic carbocycles. The highest BCUT2D eigenvalue weighted by molar-refractivity contribution is 7.13. The Bertz CT molecular complexity index is 888. The molecule has 1 aliphatic heterocycles. The maximum Gasteiger partial charge on any atom is 0.142 e. The molecule has 0 radical (unpaired) electrons. The Labute approximate surface area is 169 Å². The zero-order chi connectivity index (χ0) is 18.6. The topological polar surface area (TPSA) is 29.8 Å². The lowest BCUT2D eigenvalue weighted by molar-refractivity contribution is -0.914. The Morgan fingerprint density at radius 3 is 2.59 bits per heavy atom. The average Bonchev–Trinajstić information content (AvgIpc) is 3.17. The number of halogens is 1. The highest BCUT2D eigenvalue weighted by atomic mass is 35.5.